The lowest BCUT2D eigenvalue weighted by molar-refractivity contribution is -0.228. The molecule has 1 aliphatic carbocycles. The van der Waals surface area contributed by atoms with Crippen molar-refractivity contribution < 1.29 is 28.9 Å². The maximum atomic E-state index is 14.3. The van der Waals surface area contributed by atoms with Gasteiger partial charge in [0.25, 0.3) is 0 Å². The predicted octanol–water partition coefficient (Wildman–Crippen LogP) is 5.15. The van der Waals surface area contributed by atoms with Crippen molar-refractivity contribution in [3.63, 3.8) is 0 Å². The highest BCUT2D eigenvalue weighted by Gasteiger charge is 2.80. The fourth-order valence-electron chi connectivity index (χ4n) is 12.7. The fourth-order valence-corrected chi connectivity index (χ4v) is 12.7. The summed E-state index contributed by atoms with van der Waals surface area (Å²) >= 11 is 0. The molecule has 5 aliphatic heterocycles. The van der Waals surface area contributed by atoms with Gasteiger partial charge in [-0.2, -0.15) is 5.26 Å². The Labute approximate surface area is 328 Å². The highest BCUT2D eigenvalue weighted by atomic mass is 16.6. The molecule has 9 rings (SSSR count). The van der Waals surface area contributed by atoms with Crippen LogP contribution in [0.3, 0.4) is 0 Å². The quantitative estimate of drug-likeness (QED) is 0.257. The molecule has 2 N–H and O–H groups in total. The number of nitrogens with one attached hydrogen (secondary N) is 1. The summed E-state index contributed by atoms with van der Waals surface area (Å²) in [5, 5.41) is 26.3. The van der Waals surface area contributed by atoms with Gasteiger partial charge in [-0.3, -0.25) is 14.6 Å². The van der Waals surface area contributed by atoms with E-state index in [-0.39, 0.29) is 12.0 Å². The van der Waals surface area contributed by atoms with Crippen LogP contribution in [0.25, 0.3) is 10.9 Å². The molecular weight excluding hydrogens is 707 g/mol. The molecule has 1 saturated carbocycles. The molecule has 2 aromatic carbocycles. The van der Waals surface area contributed by atoms with Crippen LogP contribution in [0.5, 0.6) is 5.75 Å². The minimum Gasteiger partial charge on any atom is -0.496 e. The van der Waals surface area contributed by atoms with Crippen LogP contribution < -0.4 is 9.64 Å². The lowest BCUT2D eigenvalue weighted by Gasteiger charge is -2.63. The van der Waals surface area contributed by atoms with E-state index in [1.807, 2.05) is 31.0 Å². The molecule has 1 saturated heterocycles. The molecule has 2 bridgehead atoms. The van der Waals surface area contributed by atoms with E-state index >= 15 is 0 Å². The number of carbonyl (C=O) groups is 2. The van der Waals surface area contributed by atoms with E-state index in [0.29, 0.717) is 38.1 Å². The Kier molecular flexibility index (Phi) is 8.55. The van der Waals surface area contributed by atoms with E-state index in [1.54, 1.807) is 7.11 Å². The molecule has 1 aromatic heterocycles. The van der Waals surface area contributed by atoms with Gasteiger partial charge in [0, 0.05) is 90.9 Å². The van der Waals surface area contributed by atoms with Crippen LogP contribution in [0.4, 0.5) is 5.69 Å². The van der Waals surface area contributed by atoms with Gasteiger partial charge in [0.05, 0.1) is 26.3 Å². The van der Waals surface area contributed by atoms with Crippen molar-refractivity contribution in [1.29, 1.82) is 5.26 Å². The number of aliphatic hydroxyl groups is 1. The molecule has 6 aliphatic rings. The zero-order valence-corrected chi connectivity index (χ0v) is 33.4. The van der Waals surface area contributed by atoms with Crippen LogP contribution in [0.15, 0.2) is 60.2 Å². The number of nitriles is 1. The van der Waals surface area contributed by atoms with Gasteiger partial charge >= 0.3 is 11.9 Å². The summed E-state index contributed by atoms with van der Waals surface area (Å²) in [6.45, 7) is 9.67. The summed E-state index contributed by atoms with van der Waals surface area (Å²) in [7, 11) is 4.84. The molecule has 11 heteroatoms. The first-order valence-corrected chi connectivity index (χ1v) is 20.3. The van der Waals surface area contributed by atoms with Crippen molar-refractivity contribution in [3.8, 4) is 11.8 Å². The first-order chi connectivity index (χ1) is 27.0. The van der Waals surface area contributed by atoms with Crippen molar-refractivity contribution >= 4 is 28.5 Å². The van der Waals surface area contributed by atoms with Crippen molar-refractivity contribution in [2.45, 2.75) is 87.5 Å². The Hall–Kier alpha value is -4.63. The third-order valence-electron chi connectivity index (χ3n) is 14.7. The molecule has 294 valence electrons. The summed E-state index contributed by atoms with van der Waals surface area (Å²) in [4.78, 5) is 38.0. The second-order valence-corrected chi connectivity index (χ2v) is 17.1. The average molecular weight is 760 g/mol. The number of aromatic nitrogens is 1. The van der Waals surface area contributed by atoms with Gasteiger partial charge < -0.3 is 29.2 Å². The Balaban J connectivity index is 1.35. The standard InChI is InChI=1S/C45H53N5O6/c1-7-28-20-29-23-43(26-46,37-31(14-18-49(24-28)25-29)30-12-9-10-13-34(30)47-37)33-21-32-35(22-36(33)54-5)48(4)39-44(32)16-19-50-17-11-15-42(8-2,38(44)50)40(56-27(3)51)45(39,53)41(52)55-6/h9-13,15,20-22,29,38-40,47,53H,7-8,14,16-19,23-25H2,1-6H3/t29-,38-,39?,40+,42+,43-,44+,45-/m0/s1. The highest BCUT2D eigenvalue weighted by molar-refractivity contribution is 5.88. The van der Waals surface area contributed by atoms with Crippen LogP contribution in [0.2, 0.25) is 0 Å². The number of likely N-dealkylation sites (N-methyl/N-ethyl adjacent to an activating group) is 1. The number of benzene rings is 2. The second-order valence-electron chi connectivity index (χ2n) is 17.1. The third-order valence-corrected chi connectivity index (χ3v) is 14.7. The SMILES string of the molecule is CCC1=C[C@@H]2CN(CCc3c([nH]c4ccccc34)[C@@](C#N)(c3cc4c(cc3OC)N(C)C3[C@]45CCN4CC=C[C@@](CC)([C@@H](OC(C)=O)[C@]3(O)C(=O)OC)[C@H]45)C2)C1. The number of esters is 2. The van der Waals surface area contributed by atoms with E-state index in [0.717, 1.165) is 71.5 Å². The normalized spacial score (nSPS) is 35.5. The van der Waals surface area contributed by atoms with Gasteiger partial charge in [0.1, 0.15) is 11.2 Å². The molecule has 0 amide bonds. The Morgan fingerprint density at radius 2 is 1.91 bits per heavy atom. The van der Waals surface area contributed by atoms with E-state index in [4.69, 9.17) is 14.2 Å². The molecule has 56 heavy (non-hydrogen) atoms. The number of rotatable bonds is 6. The van der Waals surface area contributed by atoms with E-state index in [9.17, 15) is 20.0 Å². The monoisotopic (exact) mass is 759 g/mol. The molecule has 2 unspecified atom stereocenters. The minimum absolute atomic E-state index is 0.115. The molecule has 1 spiro atoms. The number of hydrogen-bond acceptors (Lipinski definition) is 10. The largest absolute Gasteiger partial charge is 0.496 e. The van der Waals surface area contributed by atoms with Crippen LogP contribution in [0, 0.1) is 22.7 Å². The minimum atomic E-state index is -2.24. The van der Waals surface area contributed by atoms with Crippen LogP contribution in [0.1, 0.15) is 68.8 Å². The van der Waals surface area contributed by atoms with E-state index in [1.165, 1.54) is 19.6 Å². The Morgan fingerprint density at radius 1 is 1.11 bits per heavy atom. The molecule has 2 fully saturated rings. The number of methoxy groups -OCH3 is 2. The number of ether oxygens (including phenoxy) is 3. The number of anilines is 1. The van der Waals surface area contributed by atoms with Gasteiger partial charge in [-0.1, -0.05) is 55.8 Å². The summed E-state index contributed by atoms with van der Waals surface area (Å²) in [5.74, 6) is -0.725. The highest BCUT2D eigenvalue weighted by Crippen LogP contribution is 2.68. The molecular formula is C45H53N5O6. The number of H-pyrrole nitrogens is 1. The molecule has 9 atom stereocenters. The lowest BCUT2D eigenvalue weighted by Crippen LogP contribution is -2.81. The Bertz CT molecular complexity index is 2240. The number of nitrogens with zero attached hydrogens (tertiary/aromatic N) is 4. The number of fused-ring (bicyclic) bond motifs is 6. The molecule has 3 aromatic rings. The first-order valence-electron chi connectivity index (χ1n) is 20.3. The van der Waals surface area contributed by atoms with Gasteiger partial charge in [-0.15, -0.1) is 0 Å². The molecule has 6 heterocycles. The van der Waals surface area contributed by atoms with Gasteiger partial charge in [-0.25, -0.2) is 4.79 Å². The third kappa shape index (κ3) is 4.66. The summed E-state index contributed by atoms with van der Waals surface area (Å²) < 4.78 is 18.0. The molecule has 11 nitrogen and oxygen atoms in total. The number of para-hydroxylation sites is 1. The average Bonchev–Trinajstić information content (AvgIpc) is 3.87. The summed E-state index contributed by atoms with van der Waals surface area (Å²) in [6.07, 6.45) is 8.79. The predicted molar refractivity (Wildman–Crippen MR) is 213 cm³/mol. The zero-order chi connectivity index (χ0) is 39.4. The maximum Gasteiger partial charge on any atom is 0.344 e. The smallest absolute Gasteiger partial charge is 0.344 e. The lowest BCUT2D eigenvalue weighted by atomic mass is 9.47. The number of hydrogen-bond donors (Lipinski definition) is 2. The van der Waals surface area contributed by atoms with Crippen molar-refractivity contribution in [2.75, 3.05) is 58.9 Å². The Morgan fingerprint density at radius 3 is 2.62 bits per heavy atom. The van der Waals surface area contributed by atoms with Crippen molar-refractivity contribution in [3.05, 3.63) is 82.6 Å². The van der Waals surface area contributed by atoms with Crippen LogP contribution >= 0.6 is 0 Å². The van der Waals surface area contributed by atoms with Crippen molar-refractivity contribution in [2.24, 2.45) is 11.3 Å². The molecule has 0 radical (unpaired) electrons. The second kappa shape index (κ2) is 12.9. The zero-order valence-electron chi connectivity index (χ0n) is 33.4. The van der Waals surface area contributed by atoms with Crippen molar-refractivity contribution in [1.82, 2.24) is 14.8 Å². The van der Waals surface area contributed by atoms with Crippen LogP contribution in [-0.2, 0) is 36.3 Å². The van der Waals surface area contributed by atoms with E-state index < -0.39 is 45.9 Å². The van der Waals surface area contributed by atoms with Gasteiger partial charge in [-0.05, 0) is 67.8 Å². The first kappa shape index (κ1) is 37.0. The van der Waals surface area contributed by atoms with Gasteiger partial charge in [0.2, 0.25) is 5.60 Å². The van der Waals surface area contributed by atoms with E-state index in [2.05, 4.69) is 70.3 Å². The number of aromatic amines is 1. The fraction of sp³-hybridized carbons (Fsp3) is 0.533. The summed E-state index contributed by atoms with van der Waals surface area (Å²) in [6, 6.07) is 14.4. The van der Waals surface area contributed by atoms with Crippen LogP contribution in [-0.4, -0.2) is 110 Å². The topological polar surface area (TPSA) is 131 Å². The summed E-state index contributed by atoms with van der Waals surface area (Å²) in [5.41, 5.74) is 1.88. The van der Waals surface area contributed by atoms with Gasteiger partial charge in [0.15, 0.2) is 6.10 Å². The number of carbonyl (C=O) groups excluding carboxylic acids is 2. The maximum absolute atomic E-state index is 14.3.